The Morgan fingerprint density at radius 2 is 1.51 bits per heavy atom. The molecule has 9 nitrogen and oxygen atoms in total. The number of piperazine rings is 1. The quantitative estimate of drug-likeness (QED) is 0.222. The zero-order valence-corrected chi connectivity index (χ0v) is 22.8. The van der Waals surface area contributed by atoms with Gasteiger partial charge < -0.3 is 20.0 Å². The number of rotatable bonds is 14. The van der Waals surface area contributed by atoms with E-state index in [0.29, 0.717) is 18.4 Å². The fourth-order valence-electron chi connectivity index (χ4n) is 4.51. The van der Waals surface area contributed by atoms with E-state index in [1.807, 2.05) is 0 Å². The number of carbonyl (C=O) groups excluding carboxylic acids is 1. The van der Waals surface area contributed by atoms with Gasteiger partial charge in [-0.1, -0.05) is 52.6 Å². The molecule has 35 heavy (non-hydrogen) atoms. The number of nitrogens with one attached hydrogen (secondary N) is 1. The molecule has 1 N–H and O–H groups in total. The number of nitrogens with zero attached hydrogens (tertiary/aromatic N) is 5. The fourth-order valence-corrected chi connectivity index (χ4v) is 4.70. The van der Waals surface area contributed by atoms with Crippen molar-refractivity contribution in [2.24, 2.45) is 11.8 Å². The summed E-state index contributed by atoms with van der Waals surface area (Å²) in [7, 11) is 0. The Morgan fingerprint density at radius 3 is 2.03 bits per heavy atom. The first kappa shape index (κ1) is 29.4. The molecule has 0 bridgehead atoms. The lowest BCUT2D eigenvalue weighted by molar-refractivity contribution is -0.383. The Bertz CT molecular complexity index is 776. The van der Waals surface area contributed by atoms with Gasteiger partial charge in [-0.3, -0.25) is 14.4 Å². The molecule has 1 heterocycles. The molecule has 198 valence electrons. The summed E-state index contributed by atoms with van der Waals surface area (Å²) in [6, 6.07) is 5.64. The molecule has 0 aromatic heterocycles. The predicted octanol–water partition coefficient (Wildman–Crippen LogP) is 4.29. The van der Waals surface area contributed by atoms with Crippen molar-refractivity contribution in [2.45, 2.75) is 40.5 Å². The zero-order chi connectivity index (χ0) is 25.8. The summed E-state index contributed by atoms with van der Waals surface area (Å²) >= 11 is 4.27. The van der Waals surface area contributed by atoms with E-state index in [2.05, 4.69) is 60.5 Å². The van der Waals surface area contributed by atoms with Crippen molar-refractivity contribution in [3.05, 3.63) is 34.4 Å². The van der Waals surface area contributed by atoms with Crippen LogP contribution in [0.25, 0.3) is 0 Å². The molecule has 2 rings (SSSR count). The van der Waals surface area contributed by atoms with E-state index in [1.54, 1.807) is 12.1 Å². The van der Waals surface area contributed by atoms with Gasteiger partial charge in [0.15, 0.2) is 0 Å². The summed E-state index contributed by atoms with van der Waals surface area (Å²) in [5.74, 6) is 1.40. The maximum absolute atomic E-state index is 12.4. The molecular formula is C25H44N6O3S. The Labute approximate surface area is 216 Å². The van der Waals surface area contributed by atoms with Crippen molar-refractivity contribution in [3.8, 4) is 0 Å². The van der Waals surface area contributed by atoms with Crippen molar-refractivity contribution in [3.63, 3.8) is 0 Å². The molecule has 1 saturated heterocycles. The number of nitro benzene ring substituents is 1. The second-order valence-electron chi connectivity index (χ2n) is 10.3. The van der Waals surface area contributed by atoms with E-state index < -0.39 is 11.0 Å². The molecule has 0 saturated carbocycles. The second-order valence-corrected chi connectivity index (χ2v) is 10.7. The minimum absolute atomic E-state index is 0.131. The number of urea groups is 1. The van der Waals surface area contributed by atoms with Gasteiger partial charge in [-0.15, -0.1) is 0 Å². The molecule has 2 amide bonds. The molecular weight excluding hydrogens is 464 g/mol. The highest BCUT2D eigenvalue weighted by Crippen LogP contribution is 2.23. The molecule has 1 aliphatic rings. The number of hydrogen-bond donors (Lipinski definition) is 2. The van der Waals surface area contributed by atoms with Gasteiger partial charge in [0, 0.05) is 51.9 Å². The van der Waals surface area contributed by atoms with Gasteiger partial charge in [-0.2, -0.15) is 0 Å². The lowest BCUT2D eigenvalue weighted by Crippen LogP contribution is -2.47. The molecule has 1 aromatic rings. The number of benzene rings is 1. The maximum atomic E-state index is 12.4. The molecule has 1 aromatic carbocycles. The number of hydrogen-bond acceptors (Lipinski definition) is 7. The highest BCUT2D eigenvalue weighted by Gasteiger charge is 2.19. The van der Waals surface area contributed by atoms with Gasteiger partial charge in [0.2, 0.25) is 0 Å². The van der Waals surface area contributed by atoms with E-state index in [0.717, 1.165) is 45.7 Å². The highest BCUT2D eigenvalue weighted by atomic mass is 32.1. The summed E-state index contributed by atoms with van der Waals surface area (Å²) in [5.41, 5.74) is 0.0437. The normalized spacial score (nSPS) is 15.2. The van der Waals surface area contributed by atoms with E-state index in [1.165, 1.54) is 42.5 Å². The Balaban J connectivity index is 1.63. The smallest absolute Gasteiger partial charge is 0.303 e. The van der Waals surface area contributed by atoms with Gasteiger partial charge in [0.1, 0.15) is 5.69 Å². The Kier molecular flexibility index (Phi) is 12.8. The molecule has 0 atom stereocenters. The van der Waals surface area contributed by atoms with Crippen LogP contribution in [0.5, 0.6) is 0 Å². The van der Waals surface area contributed by atoms with Crippen LogP contribution in [0.3, 0.4) is 0 Å². The number of para-hydroxylation sites is 2. The average Bonchev–Trinajstić information content (AvgIpc) is 2.79. The number of amides is 2. The molecule has 1 fully saturated rings. The summed E-state index contributed by atoms with van der Waals surface area (Å²) in [6.45, 7) is 19.5. The van der Waals surface area contributed by atoms with Crippen LogP contribution in [0.1, 0.15) is 40.5 Å². The van der Waals surface area contributed by atoms with Crippen LogP contribution in [-0.4, -0.2) is 95.4 Å². The second kappa shape index (κ2) is 15.3. The third-order valence-corrected chi connectivity index (χ3v) is 6.46. The van der Waals surface area contributed by atoms with Crippen LogP contribution in [0.2, 0.25) is 0 Å². The third kappa shape index (κ3) is 11.2. The summed E-state index contributed by atoms with van der Waals surface area (Å²) in [5, 5.41) is 13.7. The lowest BCUT2D eigenvalue weighted by atomic mass is 10.1. The Morgan fingerprint density at radius 1 is 1.00 bits per heavy atom. The average molecular weight is 509 g/mol. The maximum Gasteiger partial charge on any atom is 0.331 e. The number of nitro groups is 1. The molecule has 1 aliphatic heterocycles. The fraction of sp³-hybridized carbons (Fsp3) is 0.720. The van der Waals surface area contributed by atoms with Crippen LogP contribution in [-0.2, 0) is 0 Å². The van der Waals surface area contributed by atoms with Gasteiger partial charge in [0.25, 0.3) is 5.69 Å². The van der Waals surface area contributed by atoms with Crippen LogP contribution < -0.4 is 5.32 Å². The molecule has 10 heteroatoms. The zero-order valence-electron chi connectivity index (χ0n) is 21.9. The Hall–Kier alpha value is -1.88. The number of carbonyl (C=O) groups is 1. The van der Waals surface area contributed by atoms with Crippen molar-refractivity contribution < 1.29 is 9.72 Å². The third-order valence-electron chi connectivity index (χ3n) is 6.08. The van der Waals surface area contributed by atoms with Gasteiger partial charge in [-0.05, 0) is 50.4 Å². The van der Waals surface area contributed by atoms with E-state index in [9.17, 15) is 14.9 Å². The van der Waals surface area contributed by atoms with Crippen molar-refractivity contribution >= 4 is 30.2 Å². The van der Waals surface area contributed by atoms with Crippen molar-refractivity contribution in [1.29, 1.82) is 0 Å². The SMILES string of the molecule is CC(C)CN(CCCN1CCN(CCCN(S)C(=O)Nc2ccccc2[N+](=O)[O-])CC1)CC(C)C. The topological polar surface area (TPSA) is 85.2 Å². The largest absolute Gasteiger partial charge is 0.331 e. The first-order valence-corrected chi connectivity index (χ1v) is 13.2. The van der Waals surface area contributed by atoms with Crippen LogP contribution in [0.4, 0.5) is 16.2 Å². The first-order chi connectivity index (χ1) is 16.7. The number of thiol groups is 1. The summed E-state index contributed by atoms with van der Waals surface area (Å²) in [6.07, 6.45) is 2.01. The van der Waals surface area contributed by atoms with E-state index in [4.69, 9.17) is 0 Å². The predicted molar refractivity (Wildman–Crippen MR) is 146 cm³/mol. The standard InChI is InChI=1S/C25H44N6O3S/c1-21(2)19-29(20-22(3)4)13-7-11-27-15-17-28(18-16-27)12-8-14-30(35)25(32)26-23-9-5-6-10-24(23)31(33)34/h5-6,9-10,21-22,35H,7-8,11-20H2,1-4H3,(H,26,32). The molecule has 0 spiro atoms. The van der Waals surface area contributed by atoms with Crippen molar-refractivity contribution in [2.75, 3.05) is 70.8 Å². The first-order valence-electron chi connectivity index (χ1n) is 12.8. The summed E-state index contributed by atoms with van der Waals surface area (Å²) in [4.78, 5) is 30.6. The van der Waals surface area contributed by atoms with Crippen LogP contribution >= 0.6 is 12.8 Å². The summed E-state index contributed by atoms with van der Waals surface area (Å²) < 4.78 is 1.28. The lowest BCUT2D eigenvalue weighted by Gasteiger charge is -2.35. The van der Waals surface area contributed by atoms with E-state index in [-0.39, 0.29) is 11.4 Å². The molecule has 0 unspecified atom stereocenters. The van der Waals surface area contributed by atoms with Gasteiger partial charge >= 0.3 is 6.03 Å². The van der Waals surface area contributed by atoms with Gasteiger partial charge in [-0.25, -0.2) is 4.79 Å². The minimum Gasteiger partial charge on any atom is -0.303 e. The number of anilines is 1. The monoisotopic (exact) mass is 508 g/mol. The van der Waals surface area contributed by atoms with Crippen molar-refractivity contribution in [1.82, 2.24) is 19.0 Å². The molecule has 0 aliphatic carbocycles. The van der Waals surface area contributed by atoms with Crippen LogP contribution in [0, 0.1) is 22.0 Å². The van der Waals surface area contributed by atoms with Gasteiger partial charge in [0.05, 0.1) is 4.92 Å². The molecule has 0 radical (unpaired) electrons. The van der Waals surface area contributed by atoms with E-state index >= 15 is 0 Å². The highest BCUT2D eigenvalue weighted by molar-refractivity contribution is 7.78. The minimum atomic E-state index is -0.508. The van der Waals surface area contributed by atoms with Crippen LogP contribution in [0.15, 0.2) is 24.3 Å².